The molecular formula is C41H55N5O7S. The van der Waals surface area contributed by atoms with Gasteiger partial charge in [0.05, 0.1) is 43.1 Å². The second-order valence-electron chi connectivity index (χ2n) is 14.6. The van der Waals surface area contributed by atoms with Gasteiger partial charge < -0.3 is 38.5 Å². The summed E-state index contributed by atoms with van der Waals surface area (Å²) >= 11 is 0. The number of piperidine rings is 1. The highest BCUT2D eigenvalue weighted by Crippen LogP contribution is 2.41. The number of fused-ring (bicyclic) bond motifs is 1. The molecule has 6 rings (SSSR count). The summed E-state index contributed by atoms with van der Waals surface area (Å²) in [5, 5.41) is 12.1. The molecule has 2 unspecified atom stereocenters. The van der Waals surface area contributed by atoms with E-state index in [0.717, 1.165) is 46.9 Å². The Morgan fingerprint density at radius 1 is 1.02 bits per heavy atom. The topological polar surface area (TPSA) is 126 Å². The number of aryl methyl sites for hydroxylation is 2. The maximum atomic E-state index is 14.7. The molecule has 4 aromatic rings. The normalized spacial score (nSPS) is 19.9. The summed E-state index contributed by atoms with van der Waals surface area (Å²) in [5.41, 5.74) is 3.28. The van der Waals surface area contributed by atoms with Crippen LogP contribution >= 0.6 is 0 Å². The molecule has 13 heteroatoms. The molecule has 292 valence electrons. The van der Waals surface area contributed by atoms with E-state index in [1.807, 2.05) is 48.9 Å². The summed E-state index contributed by atoms with van der Waals surface area (Å²) in [6.07, 6.45) is 3.48. The van der Waals surface area contributed by atoms with Gasteiger partial charge in [-0.05, 0) is 60.7 Å². The molecule has 5 atom stereocenters. The lowest BCUT2D eigenvalue weighted by molar-refractivity contribution is -0.00623. The van der Waals surface area contributed by atoms with E-state index in [9.17, 15) is 8.42 Å². The van der Waals surface area contributed by atoms with Crippen molar-refractivity contribution in [2.45, 2.75) is 68.1 Å². The first-order valence-electron chi connectivity index (χ1n) is 18.8. The zero-order valence-electron chi connectivity index (χ0n) is 32.1. The van der Waals surface area contributed by atoms with Crippen LogP contribution in [-0.2, 0) is 48.9 Å². The van der Waals surface area contributed by atoms with Gasteiger partial charge in [-0.25, -0.2) is 8.42 Å². The van der Waals surface area contributed by atoms with Crippen LogP contribution in [0.5, 0.6) is 5.75 Å². The minimum atomic E-state index is -4.01. The van der Waals surface area contributed by atoms with Crippen molar-refractivity contribution in [2.75, 3.05) is 65.2 Å². The molecule has 54 heavy (non-hydrogen) atoms. The highest BCUT2D eigenvalue weighted by molar-refractivity contribution is 7.91. The number of aromatic nitrogens is 3. The average molecular weight is 762 g/mol. The number of nitrogens with one attached hydrogen (secondary N) is 1. The molecule has 0 amide bonds. The molecule has 1 N–H and O–H groups in total. The lowest BCUT2D eigenvalue weighted by Crippen LogP contribution is -2.49. The quantitative estimate of drug-likeness (QED) is 0.131. The third-order valence-corrected chi connectivity index (χ3v) is 12.2. The Labute approximate surface area is 320 Å². The summed E-state index contributed by atoms with van der Waals surface area (Å²) < 4.78 is 60.9. The van der Waals surface area contributed by atoms with Crippen LogP contribution in [-0.4, -0.2) is 95.6 Å². The van der Waals surface area contributed by atoms with Gasteiger partial charge in [0.25, 0.3) is 0 Å². The van der Waals surface area contributed by atoms with Crippen LogP contribution in [0.1, 0.15) is 59.2 Å². The third-order valence-electron chi connectivity index (χ3n) is 10.3. The average Bonchev–Trinajstić information content (AvgIpc) is 3.58. The smallest absolute Gasteiger partial charge is 0.209 e. The van der Waals surface area contributed by atoms with E-state index in [1.54, 1.807) is 32.7 Å². The first kappa shape index (κ1) is 39.8. The number of nitrogens with zero attached hydrogens (tertiary/aromatic N) is 4. The first-order valence-corrected chi connectivity index (χ1v) is 20.4. The van der Waals surface area contributed by atoms with E-state index >= 15 is 0 Å². The van der Waals surface area contributed by atoms with Gasteiger partial charge in [0.15, 0.2) is 5.44 Å². The Morgan fingerprint density at radius 3 is 2.54 bits per heavy atom. The second kappa shape index (κ2) is 18.7. The maximum Gasteiger partial charge on any atom is 0.209 e. The molecule has 2 aliphatic rings. The number of sulfone groups is 1. The minimum Gasteiger partial charge on any atom is -0.490 e. The molecule has 0 saturated carbocycles. The van der Waals surface area contributed by atoms with Crippen LogP contribution in [0.2, 0.25) is 0 Å². The van der Waals surface area contributed by atoms with Crippen molar-refractivity contribution in [2.24, 2.45) is 13.0 Å². The van der Waals surface area contributed by atoms with E-state index in [-0.39, 0.29) is 16.9 Å². The minimum absolute atomic E-state index is 0.0803. The molecule has 0 bridgehead atoms. The largest absolute Gasteiger partial charge is 0.490 e. The van der Waals surface area contributed by atoms with Crippen molar-refractivity contribution in [3.8, 4) is 5.75 Å². The van der Waals surface area contributed by atoms with E-state index in [4.69, 9.17) is 23.7 Å². The van der Waals surface area contributed by atoms with Crippen molar-refractivity contribution in [1.82, 2.24) is 20.1 Å². The number of anilines is 1. The fourth-order valence-electron chi connectivity index (χ4n) is 7.31. The standard InChI is InChI=1S/C41H55N5O7S/c1-29-7-14-35(15-8-29)54(47,48)41(33-13-16-38-37(21-33)46(18-20-52-38)17-6-19-49-4)53-39-24-42-34(23-40-44-43-28-45(40)3)22-36(39)32-11-9-31(10-12-32)27-51-26-30(2)25-50-5/h7-16,21,28,30,34,36,39,41-42H,6,17-20,22-27H2,1-5H3/t30?,34-,36-,39+,41?/m1/s1. The van der Waals surface area contributed by atoms with Gasteiger partial charge in [-0.1, -0.05) is 55.0 Å². The van der Waals surface area contributed by atoms with Crippen LogP contribution in [0.25, 0.3) is 0 Å². The Morgan fingerprint density at radius 2 is 1.81 bits per heavy atom. The predicted octanol–water partition coefficient (Wildman–Crippen LogP) is 5.40. The number of rotatable bonds is 18. The van der Waals surface area contributed by atoms with Gasteiger partial charge in [0, 0.05) is 65.3 Å². The Kier molecular flexibility index (Phi) is 13.8. The molecule has 1 fully saturated rings. The SMILES string of the molecule is COCCCN1CCOc2ccc(C(O[C@H]3CN[C@@H](Cc4nncn4C)C[C@@H]3c3ccc(COCC(C)COC)cc3)S(=O)(=O)c3ccc(C)cc3)cc21. The summed E-state index contributed by atoms with van der Waals surface area (Å²) in [7, 11) is 1.34. The zero-order chi connectivity index (χ0) is 38.1. The van der Waals surface area contributed by atoms with Crippen LogP contribution in [0, 0.1) is 12.8 Å². The van der Waals surface area contributed by atoms with Gasteiger partial charge >= 0.3 is 0 Å². The molecule has 0 spiro atoms. The molecule has 3 aromatic carbocycles. The Bertz CT molecular complexity index is 1890. The van der Waals surface area contributed by atoms with E-state index in [0.29, 0.717) is 70.4 Å². The number of ether oxygens (including phenoxy) is 5. The van der Waals surface area contributed by atoms with E-state index < -0.39 is 21.4 Å². The van der Waals surface area contributed by atoms with Gasteiger partial charge in [0.1, 0.15) is 24.5 Å². The maximum absolute atomic E-state index is 14.7. The lowest BCUT2D eigenvalue weighted by atomic mass is 9.83. The van der Waals surface area contributed by atoms with Gasteiger partial charge in [-0.15, -0.1) is 10.2 Å². The number of hydrogen-bond acceptors (Lipinski definition) is 11. The second-order valence-corrected chi connectivity index (χ2v) is 16.6. The molecular weight excluding hydrogens is 707 g/mol. The number of hydrogen-bond donors (Lipinski definition) is 1. The van der Waals surface area contributed by atoms with Gasteiger partial charge in [-0.2, -0.15) is 0 Å². The summed E-state index contributed by atoms with van der Waals surface area (Å²) in [4.78, 5) is 2.45. The molecule has 0 aliphatic carbocycles. The summed E-state index contributed by atoms with van der Waals surface area (Å²) in [5.74, 6) is 1.81. The lowest BCUT2D eigenvalue weighted by Gasteiger charge is -2.39. The highest BCUT2D eigenvalue weighted by atomic mass is 32.2. The van der Waals surface area contributed by atoms with Crippen molar-refractivity contribution >= 4 is 15.5 Å². The van der Waals surface area contributed by atoms with Crippen LogP contribution in [0.3, 0.4) is 0 Å². The zero-order valence-corrected chi connectivity index (χ0v) is 33.0. The third kappa shape index (κ3) is 9.87. The number of benzene rings is 3. The molecule has 12 nitrogen and oxygen atoms in total. The van der Waals surface area contributed by atoms with Crippen LogP contribution in [0.4, 0.5) is 5.69 Å². The van der Waals surface area contributed by atoms with Crippen molar-refractivity contribution in [3.63, 3.8) is 0 Å². The van der Waals surface area contributed by atoms with E-state index in [2.05, 4.69) is 51.6 Å². The van der Waals surface area contributed by atoms with Crippen molar-refractivity contribution in [3.05, 3.63) is 101 Å². The number of methoxy groups -OCH3 is 2. The predicted molar refractivity (Wildman–Crippen MR) is 208 cm³/mol. The van der Waals surface area contributed by atoms with Gasteiger partial charge in [-0.3, -0.25) is 0 Å². The summed E-state index contributed by atoms with van der Waals surface area (Å²) in [6, 6.07) is 21.1. The first-order chi connectivity index (χ1) is 26.2. The highest BCUT2D eigenvalue weighted by Gasteiger charge is 2.39. The fraction of sp³-hybridized carbons (Fsp3) is 0.512. The van der Waals surface area contributed by atoms with Crippen molar-refractivity contribution in [1.29, 1.82) is 0 Å². The monoisotopic (exact) mass is 761 g/mol. The van der Waals surface area contributed by atoms with Crippen molar-refractivity contribution < 1.29 is 32.1 Å². The molecule has 0 radical (unpaired) electrons. The van der Waals surface area contributed by atoms with Crippen LogP contribution < -0.4 is 15.0 Å². The fourth-order valence-corrected chi connectivity index (χ4v) is 8.87. The Hall–Kier alpha value is -3.85. The molecule has 3 heterocycles. The van der Waals surface area contributed by atoms with Gasteiger partial charge in [0.2, 0.25) is 9.84 Å². The molecule has 2 aliphatic heterocycles. The van der Waals surface area contributed by atoms with E-state index in [1.165, 1.54) is 0 Å². The molecule has 1 aromatic heterocycles. The van der Waals surface area contributed by atoms with Crippen LogP contribution in [0.15, 0.2) is 78.0 Å². The Balaban J connectivity index is 1.32. The molecule has 1 saturated heterocycles. The summed E-state index contributed by atoms with van der Waals surface area (Å²) in [6.45, 7) is 8.91.